The Labute approximate surface area is 140 Å². The van der Waals surface area contributed by atoms with Crippen molar-refractivity contribution in [3.63, 3.8) is 0 Å². The van der Waals surface area contributed by atoms with Gasteiger partial charge in [-0.25, -0.2) is 0 Å². The highest BCUT2D eigenvalue weighted by atomic mass is 16.5. The Bertz CT molecular complexity index is 503. The molecule has 0 heterocycles. The lowest BCUT2D eigenvalue weighted by Gasteiger charge is -2.35. The van der Waals surface area contributed by atoms with Gasteiger partial charge in [0.1, 0.15) is 5.41 Å². The first-order chi connectivity index (χ1) is 11.0. The molecule has 0 aromatic heterocycles. The van der Waals surface area contributed by atoms with Gasteiger partial charge in [0.05, 0.1) is 12.7 Å². The first-order valence-corrected chi connectivity index (χ1v) is 8.48. The molecule has 23 heavy (non-hydrogen) atoms. The van der Waals surface area contributed by atoms with Gasteiger partial charge < -0.3 is 9.84 Å². The van der Waals surface area contributed by atoms with Crippen molar-refractivity contribution in [2.24, 2.45) is 5.41 Å². The van der Waals surface area contributed by atoms with Crippen molar-refractivity contribution in [1.29, 1.82) is 0 Å². The fourth-order valence-corrected chi connectivity index (χ4v) is 2.79. The number of aliphatic hydroxyl groups excluding tert-OH is 1. The molecule has 2 unspecified atom stereocenters. The average molecular weight is 318 g/mol. The highest BCUT2D eigenvalue weighted by molar-refractivity contribution is 5.78. The van der Waals surface area contributed by atoms with Crippen molar-refractivity contribution in [3.05, 3.63) is 47.5 Å². The summed E-state index contributed by atoms with van der Waals surface area (Å²) >= 11 is 0. The van der Waals surface area contributed by atoms with E-state index in [4.69, 9.17) is 4.74 Å². The van der Waals surface area contributed by atoms with Gasteiger partial charge in [0, 0.05) is 0 Å². The quantitative estimate of drug-likeness (QED) is 0.545. The van der Waals surface area contributed by atoms with Crippen LogP contribution in [0, 0.1) is 5.41 Å². The van der Waals surface area contributed by atoms with Gasteiger partial charge in [0.2, 0.25) is 0 Å². The van der Waals surface area contributed by atoms with Gasteiger partial charge in [0.15, 0.2) is 0 Å². The third-order valence-electron chi connectivity index (χ3n) is 4.12. The van der Waals surface area contributed by atoms with Crippen molar-refractivity contribution in [3.8, 4) is 0 Å². The molecule has 1 aromatic rings. The fraction of sp³-hybridized carbons (Fsp3) is 0.550. The maximum absolute atomic E-state index is 12.8. The van der Waals surface area contributed by atoms with Crippen LogP contribution in [0.25, 0.3) is 0 Å². The molecule has 0 aliphatic carbocycles. The van der Waals surface area contributed by atoms with Crippen molar-refractivity contribution >= 4 is 5.97 Å². The molecule has 0 bridgehead atoms. The van der Waals surface area contributed by atoms with Crippen LogP contribution in [-0.4, -0.2) is 23.8 Å². The summed E-state index contributed by atoms with van der Waals surface area (Å²) in [6.45, 7) is 8.15. The van der Waals surface area contributed by atoms with Crippen LogP contribution >= 0.6 is 0 Å². The van der Waals surface area contributed by atoms with E-state index in [2.05, 4.69) is 0 Å². The average Bonchev–Trinajstić information content (AvgIpc) is 2.52. The normalized spacial score (nSPS) is 14.7. The molecule has 0 saturated heterocycles. The molecule has 0 radical (unpaired) electrons. The summed E-state index contributed by atoms with van der Waals surface area (Å²) in [4.78, 5) is 12.8. The summed E-state index contributed by atoms with van der Waals surface area (Å²) in [6, 6.07) is 9.86. The first kappa shape index (κ1) is 19.4. The van der Waals surface area contributed by atoms with E-state index in [1.165, 1.54) is 0 Å². The Balaban J connectivity index is 3.25. The van der Waals surface area contributed by atoms with E-state index >= 15 is 0 Å². The summed E-state index contributed by atoms with van der Waals surface area (Å²) < 4.78 is 5.35. The third kappa shape index (κ3) is 5.51. The SMILES string of the molecule is CCCC(O)C(CC=C(C)C)(Cc1ccccc1)C(=O)OCC. The molecule has 2 atom stereocenters. The summed E-state index contributed by atoms with van der Waals surface area (Å²) in [5.41, 5.74) is 1.25. The Morgan fingerprint density at radius 2 is 1.91 bits per heavy atom. The van der Waals surface area contributed by atoms with Gasteiger partial charge in [-0.15, -0.1) is 0 Å². The van der Waals surface area contributed by atoms with Gasteiger partial charge in [-0.05, 0) is 45.6 Å². The molecule has 0 saturated carbocycles. The predicted molar refractivity (Wildman–Crippen MR) is 94.2 cm³/mol. The minimum absolute atomic E-state index is 0.303. The maximum atomic E-state index is 12.8. The lowest BCUT2D eigenvalue weighted by molar-refractivity contribution is -0.163. The molecule has 0 aliphatic heterocycles. The van der Waals surface area contributed by atoms with Gasteiger partial charge in [-0.1, -0.05) is 55.3 Å². The van der Waals surface area contributed by atoms with E-state index in [0.29, 0.717) is 25.9 Å². The zero-order chi connectivity index (χ0) is 17.3. The summed E-state index contributed by atoms with van der Waals surface area (Å²) in [5, 5.41) is 10.8. The second-order valence-electron chi connectivity index (χ2n) is 6.33. The van der Waals surface area contributed by atoms with Crippen molar-refractivity contribution in [1.82, 2.24) is 0 Å². The van der Waals surface area contributed by atoms with Crippen molar-refractivity contribution in [2.45, 2.75) is 59.5 Å². The van der Waals surface area contributed by atoms with Crippen LogP contribution in [-0.2, 0) is 16.0 Å². The number of ether oxygens (including phenoxy) is 1. The fourth-order valence-electron chi connectivity index (χ4n) is 2.79. The van der Waals surface area contributed by atoms with Crippen LogP contribution in [0.4, 0.5) is 0 Å². The third-order valence-corrected chi connectivity index (χ3v) is 4.12. The smallest absolute Gasteiger partial charge is 0.315 e. The van der Waals surface area contributed by atoms with E-state index in [-0.39, 0.29) is 5.97 Å². The number of rotatable bonds is 9. The zero-order valence-corrected chi connectivity index (χ0v) is 14.8. The first-order valence-electron chi connectivity index (χ1n) is 8.48. The predicted octanol–water partition coefficient (Wildman–Crippen LogP) is 4.30. The number of allylic oxidation sites excluding steroid dienone is 2. The summed E-state index contributed by atoms with van der Waals surface area (Å²) in [6.07, 6.45) is 3.69. The lowest BCUT2D eigenvalue weighted by Crippen LogP contribution is -2.45. The molecule has 1 N–H and O–H groups in total. The molecule has 128 valence electrons. The van der Waals surface area contributed by atoms with E-state index in [1.807, 2.05) is 57.2 Å². The number of esters is 1. The number of carbonyl (C=O) groups excluding carboxylic acids is 1. The van der Waals surface area contributed by atoms with Crippen LogP contribution in [0.3, 0.4) is 0 Å². The second kappa shape index (κ2) is 9.51. The van der Waals surface area contributed by atoms with Gasteiger partial charge in [-0.3, -0.25) is 4.79 Å². The maximum Gasteiger partial charge on any atom is 0.315 e. The molecule has 0 aliphatic rings. The molecule has 3 heteroatoms. The van der Waals surface area contributed by atoms with E-state index in [9.17, 15) is 9.90 Å². The molecular weight excluding hydrogens is 288 g/mol. The number of hydrogen-bond acceptors (Lipinski definition) is 3. The number of carbonyl (C=O) groups is 1. The second-order valence-corrected chi connectivity index (χ2v) is 6.33. The highest BCUT2D eigenvalue weighted by Gasteiger charge is 2.45. The Hall–Kier alpha value is -1.61. The van der Waals surface area contributed by atoms with Gasteiger partial charge in [0.25, 0.3) is 0 Å². The van der Waals surface area contributed by atoms with E-state index in [1.54, 1.807) is 6.92 Å². The molecule has 3 nitrogen and oxygen atoms in total. The zero-order valence-electron chi connectivity index (χ0n) is 14.8. The van der Waals surface area contributed by atoms with Crippen LogP contribution in [0.5, 0.6) is 0 Å². The van der Waals surface area contributed by atoms with Crippen LogP contribution in [0.2, 0.25) is 0 Å². The molecule has 1 aromatic carbocycles. The van der Waals surface area contributed by atoms with Crippen LogP contribution < -0.4 is 0 Å². The minimum atomic E-state index is -0.926. The largest absolute Gasteiger partial charge is 0.465 e. The standard InChI is InChI=1S/C20H30O3/c1-5-10-18(21)20(14-13-16(3)4,19(22)23-6-2)15-17-11-8-7-9-12-17/h7-9,11-13,18,21H,5-6,10,14-15H2,1-4H3. The van der Waals surface area contributed by atoms with E-state index in [0.717, 1.165) is 17.6 Å². The van der Waals surface area contributed by atoms with Gasteiger partial charge in [-0.2, -0.15) is 0 Å². The summed E-state index contributed by atoms with van der Waals surface area (Å²) in [5.74, 6) is -0.303. The topological polar surface area (TPSA) is 46.5 Å². The Morgan fingerprint density at radius 3 is 2.43 bits per heavy atom. The van der Waals surface area contributed by atoms with E-state index < -0.39 is 11.5 Å². The van der Waals surface area contributed by atoms with Gasteiger partial charge >= 0.3 is 5.97 Å². The Morgan fingerprint density at radius 1 is 1.26 bits per heavy atom. The van der Waals surface area contributed by atoms with Crippen LogP contribution in [0.1, 0.15) is 52.5 Å². The molecular formula is C20H30O3. The highest BCUT2D eigenvalue weighted by Crippen LogP contribution is 2.36. The molecule has 0 spiro atoms. The summed E-state index contributed by atoms with van der Waals surface area (Å²) in [7, 11) is 0. The monoisotopic (exact) mass is 318 g/mol. The van der Waals surface area contributed by atoms with Crippen molar-refractivity contribution in [2.75, 3.05) is 6.61 Å². The number of hydrogen-bond donors (Lipinski definition) is 1. The molecule has 1 rings (SSSR count). The minimum Gasteiger partial charge on any atom is -0.465 e. The molecule has 0 amide bonds. The van der Waals surface area contributed by atoms with Crippen LogP contribution in [0.15, 0.2) is 42.0 Å². The Kier molecular flexibility index (Phi) is 8.04. The van der Waals surface area contributed by atoms with Crippen molar-refractivity contribution < 1.29 is 14.6 Å². The number of aliphatic hydroxyl groups is 1. The lowest BCUT2D eigenvalue weighted by atomic mass is 9.72. The molecule has 0 fully saturated rings. The number of benzene rings is 1.